The first kappa shape index (κ1) is 18.4. The lowest BCUT2D eigenvalue weighted by molar-refractivity contribution is 0.235. The number of nitrogens with one attached hydrogen (secondary N) is 2. The molecule has 0 aliphatic heterocycles. The molecule has 0 aliphatic rings. The monoisotopic (exact) mass is 349 g/mol. The first-order valence-electron chi connectivity index (χ1n) is 8.38. The maximum absolute atomic E-state index is 12.1. The highest BCUT2D eigenvalue weighted by Gasteiger charge is 2.14. The largest absolute Gasteiger partial charge is 0.338 e. The first-order valence-corrected chi connectivity index (χ1v) is 9.26. The molecule has 7 heteroatoms. The van der Waals surface area contributed by atoms with Crippen LogP contribution in [0.4, 0.5) is 4.79 Å². The summed E-state index contributed by atoms with van der Waals surface area (Å²) >= 11 is 1.64. The zero-order chi connectivity index (χ0) is 17.7. The van der Waals surface area contributed by atoms with Gasteiger partial charge in [-0.25, -0.2) is 9.78 Å². The van der Waals surface area contributed by atoms with Crippen LogP contribution in [0.1, 0.15) is 48.9 Å². The van der Waals surface area contributed by atoms with Gasteiger partial charge in [0, 0.05) is 24.2 Å². The third-order valence-corrected chi connectivity index (χ3v) is 4.87. The van der Waals surface area contributed by atoms with E-state index in [1.165, 1.54) is 0 Å². The van der Waals surface area contributed by atoms with Crippen LogP contribution >= 0.6 is 11.3 Å². The molecule has 6 nitrogen and oxygen atoms in total. The van der Waals surface area contributed by atoms with E-state index in [4.69, 9.17) is 0 Å². The molecular formula is C17H27N5OS. The minimum Gasteiger partial charge on any atom is -0.338 e. The first-order chi connectivity index (χ1) is 11.4. The minimum atomic E-state index is -0.159. The number of hydrogen-bond donors (Lipinski definition) is 2. The molecule has 0 fully saturated rings. The van der Waals surface area contributed by atoms with Gasteiger partial charge in [-0.3, -0.25) is 4.68 Å². The lowest BCUT2D eigenvalue weighted by Crippen LogP contribution is -2.39. The number of hydrogen-bond acceptors (Lipinski definition) is 4. The molecule has 0 saturated heterocycles. The van der Waals surface area contributed by atoms with E-state index in [9.17, 15) is 4.79 Å². The molecule has 2 N–H and O–H groups in total. The molecule has 2 aromatic rings. The molecule has 0 saturated carbocycles. The van der Waals surface area contributed by atoms with Crippen molar-refractivity contribution in [3.05, 3.63) is 33.5 Å². The van der Waals surface area contributed by atoms with Crippen molar-refractivity contribution in [2.45, 2.75) is 53.6 Å². The van der Waals surface area contributed by atoms with Crippen molar-refractivity contribution in [1.82, 2.24) is 25.4 Å². The van der Waals surface area contributed by atoms with Crippen molar-refractivity contribution in [3.8, 4) is 0 Å². The normalized spacial score (nSPS) is 13.5. The molecule has 24 heavy (non-hydrogen) atoms. The minimum absolute atomic E-state index is 0.0899. The van der Waals surface area contributed by atoms with Gasteiger partial charge in [-0.15, -0.1) is 11.3 Å². The molecule has 2 heterocycles. The van der Waals surface area contributed by atoms with Gasteiger partial charge in [-0.2, -0.15) is 5.10 Å². The summed E-state index contributed by atoms with van der Waals surface area (Å²) in [6.45, 7) is 11.6. The van der Waals surface area contributed by atoms with Crippen LogP contribution in [0.2, 0.25) is 0 Å². The highest BCUT2D eigenvalue weighted by Crippen LogP contribution is 2.16. The maximum Gasteiger partial charge on any atom is 0.315 e. The Bertz CT molecular complexity index is 678. The Labute approximate surface area is 147 Å². The molecule has 0 unspecified atom stereocenters. The lowest BCUT2D eigenvalue weighted by atomic mass is 10.2. The van der Waals surface area contributed by atoms with Gasteiger partial charge < -0.3 is 10.6 Å². The molecule has 132 valence electrons. The number of amides is 2. The smallest absolute Gasteiger partial charge is 0.315 e. The zero-order valence-corrected chi connectivity index (χ0v) is 15.9. The number of thiazole rings is 1. The van der Waals surface area contributed by atoms with Crippen molar-refractivity contribution in [3.63, 3.8) is 0 Å². The Morgan fingerprint density at radius 1 is 1.38 bits per heavy atom. The van der Waals surface area contributed by atoms with Crippen molar-refractivity contribution < 1.29 is 4.79 Å². The van der Waals surface area contributed by atoms with E-state index in [0.717, 1.165) is 35.1 Å². The molecular weight excluding hydrogens is 322 g/mol. The van der Waals surface area contributed by atoms with E-state index in [-0.39, 0.29) is 12.1 Å². The van der Waals surface area contributed by atoms with Crippen LogP contribution in [-0.2, 0) is 13.0 Å². The predicted molar refractivity (Wildman–Crippen MR) is 97.3 cm³/mol. The molecule has 2 amide bonds. The van der Waals surface area contributed by atoms with Gasteiger partial charge in [0.05, 0.1) is 22.4 Å². The fourth-order valence-electron chi connectivity index (χ4n) is 2.49. The van der Waals surface area contributed by atoms with Crippen molar-refractivity contribution in [2.24, 2.45) is 5.92 Å². The van der Waals surface area contributed by atoms with E-state index in [0.29, 0.717) is 12.5 Å². The van der Waals surface area contributed by atoms with Crippen LogP contribution in [0, 0.1) is 19.8 Å². The van der Waals surface area contributed by atoms with Gasteiger partial charge >= 0.3 is 6.03 Å². The van der Waals surface area contributed by atoms with Gasteiger partial charge in [0.1, 0.15) is 0 Å². The van der Waals surface area contributed by atoms with Crippen LogP contribution in [0.25, 0.3) is 0 Å². The fraction of sp³-hybridized carbons (Fsp3) is 0.588. The van der Waals surface area contributed by atoms with Gasteiger partial charge in [-0.05, 0) is 39.2 Å². The SMILES string of the molecule is CCc1nc([C@H](C)NC(=O)NC[C@H](C)Cn2nc(C)cc2C)cs1. The summed E-state index contributed by atoms with van der Waals surface area (Å²) in [5, 5.41) is 13.4. The highest BCUT2D eigenvalue weighted by atomic mass is 32.1. The van der Waals surface area contributed by atoms with E-state index in [2.05, 4.69) is 40.6 Å². The summed E-state index contributed by atoms with van der Waals surface area (Å²) in [5.41, 5.74) is 3.09. The standard InChI is InChI=1S/C17H27N5OS/c1-6-16-20-15(10-24-16)14(5)19-17(23)18-8-11(2)9-22-13(4)7-12(3)21-22/h7,10-11,14H,6,8-9H2,1-5H3,(H2,18,19,23)/t11-,14-/m0/s1. The average molecular weight is 350 g/mol. The summed E-state index contributed by atoms with van der Waals surface area (Å²) in [7, 11) is 0. The molecule has 0 aromatic carbocycles. The number of aryl methyl sites for hydroxylation is 3. The van der Waals surface area contributed by atoms with Gasteiger partial charge in [-0.1, -0.05) is 13.8 Å². The summed E-state index contributed by atoms with van der Waals surface area (Å²) in [4.78, 5) is 16.6. The number of rotatable bonds is 7. The van der Waals surface area contributed by atoms with E-state index >= 15 is 0 Å². The molecule has 2 aromatic heterocycles. The third-order valence-electron chi connectivity index (χ3n) is 3.86. The summed E-state index contributed by atoms with van der Waals surface area (Å²) < 4.78 is 1.99. The molecule has 0 radical (unpaired) electrons. The molecule has 0 spiro atoms. The van der Waals surface area contributed by atoms with E-state index < -0.39 is 0 Å². The number of aromatic nitrogens is 3. The van der Waals surface area contributed by atoms with Crippen LogP contribution in [-0.4, -0.2) is 27.3 Å². The predicted octanol–water partition coefficient (Wildman–Crippen LogP) is 3.22. The van der Waals surface area contributed by atoms with Crippen molar-refractivity contribution >= 4 is 17.4 Å². The second-order valence-electron chi connectivity index (χ2n) is 6.31. The molecule has 2 atom stereocenters. The Balaban J connectivity index is 1.76. The van der Waals surface area contributed by atoms with Crippen LogP contribution in [0.15, 0.2) is 11.4 Å². The van der Waals surface area contributed by atoms with Crippen molar-refractivity contribution in [2.75, 3.05) is 6.54 Å². The fourth-order valence-corrected chi connectivity index (χ4v) is 3.33. The maximum atomic E-state index is 12.1. The Kier molecular flexibility index (Phi) is 6.36. The zero-order valence-electron chi connectivity index (χ0n) is 15.1. The van der Waals surface area contributed by atoms with Crippen molar-refractivity contribution in [1.29, 1.82) is 0 Å². The van der Waals surface area contributed by atoms with Gasteiger partial charge in [0.25, 0.3) is 0 Å². The van der Waals surface area contributed by atoms with Crippen LogP contribution < -0.4 is 10.6 Å². The summed E-state index contributed by atoms with van der Waals surface area (Å²) in [6.07, 6.45) is 0.924. The number of carbonyl (C=O) groups excluding carboxylic acids is 1. The van der Waals surface area contributed by atoms with E-state index in [1.54, 1.807) is 11.3 Å². The van der Waals surface area contributed by atoms with Gasteiger partial charge in [0.2, 0.25) is 0 Å². The van der Waals surface area contributed by atoms with Gasteiger partial charge in [0.15, 0.2) is 0 Å². The lowest BCUT2D eigenvalue weighted by Gasteiger charge is -2.16. The summed E-state index contributed by atoms with van der Waals surface area (Å²) in [5.74, 6) is 0.301. The molecule has 0 aliphatic carbocycles. The summed E-state index contributed by atoms with van der Waals surface area (Å²) in [6, 6.07) is 1.81. The number of nitrogens with zero attached hydrogens (tertiary/aromatic N) is 3. The highest BCUT2D eigenvalue weighted by molar-refractivity contribution is 7.09. The quantitative estimate of drug-likeness (QED) is 0.806. The topological polar surface area (TPSA) is 71.8 Å². The second-order valence-corrected chi connectivity index (χ2v) is 7.25. The van der Waals surface area contributed by atoms with E-state index in [1.807, 2.05) is 30.8 Å². The average Bonchev–Trinajstić information content (AvgIpc) is 3.12. The Morgan fingerprint density at radius 2 is 2.12 bits per heavy atom. The Hall–Kier alpha value is -1.89. The molecule has 2 rings (SSSR count). The second kappa shape index (κ2) is 8.28. The van der Waals surface area contributed by atoms with Crippen LogP contribution in [0.3, 0.4) is 0 Å². The number of carbonyl (C=O) groups is 1. The Morgan fingerprint density at radius 3 is 2.71 bits per heavy atom. The molecule has 0 bridgehead atoms. The van der Waals surface area contributed by atoms with Crippen LogP contribution in [0.5, 0.6) is 0 Å². The third kappa shape index (κ3) is 5.06. The number of urea groups is 1.